The Labute approximate surface area is 184 Å². The van der Waals surface area contributed by atoms with Gasteiger partial charge in [-0.3, -0.25) is 4.79 Å². The van der Waals surface area contributed by atoms with Gasteiger partial charge in [0.25, 0.3) is 0 Å². The lowest BCUT2D eigenvalue weighted by Crippen LogP contribution is -2.50. The molecule has 1 aromatic heterocycles. The Morgan fingerprint density at radius 1 is 0.968 bits per heavy atom. The van der Waals surface area contributed by atoms with Crippen molar-refractivity contribution in [1.82, 2.24) is 19.8 Å². The maximum absolute atomic E-state index is 12.8. The summed E-state index contributed by atoms with van der Waals surface area (Å²) in [5.41, 5.74) is 1.91. The molecule has 0 aliphatic carbocycles. The minimum atomic E-state index is 0.132. The zero-order valence-corrected chi connectivity index (χ0v) is 18.8. The third kappa shape index (κ3) is 5.07. The van der Waals surface area contributed by atoms with E-state index in [2.05, 4.69) is 32.8 Å². The summed E-state index contributed by atoms with van der Waals surface area (Å²) in [5, 5.41) is 0. The fourth-order valence-electron chi connectivity index (χ4n) is 4.16. The largest absolute Gasteiger partial charge is 0.496 e. The summed E-state index contributed by atoms with van der Waals surface area (Å²) in [5.74, 6) is 2.67. The molecule has 0 atom stereocenters. The number of carbonyl (C=O) groups is 1. The maximum Gasteiger partial charge on any atom is 0.227 e. The number of likely N-dealkylation sites (N-methyl/N-ethyl adjacent to an activating group) is 1. The minimum absolute atomic E-state index is 0.132. The second-order valence-electron chi connectivity index (χ2n) is 8.31. The van der Waals surface area contributed by atoms with Crippen molar-refractivity contribution in [3.8, 4) is 5.75 Å². The van der Waals surface area contributed by atoms with E-state index in [1.807, 2.05) is 36.1 Å². The second kappa shape index (κ2) is 9.51. The van der Waals surface area contributed by atoms with Crippen molar-refractivity contribution in [3.63, 3.8) is 0 Å². The van der Waals surface area contributed by atoms with E-state index in [1.54, 1.807) is 7.11 Å². The number of benzene rings is 1. The zero-order chi connectivity index (χ0) is 21.8. The van der Waals surface area contributed by atoms with Crippen LogP contribution in [-0.2, 0) is 11.2 Å². The molecule has 2 saturated heterocycles. The van der Waals surface area contributed by atoms with Crippen LogP contribution in [0.1, 0.15) is 11.3 Å². The molecule has 1 aromatic carbocycles. The number of aryl methyl sites for hydroxylation is 1. The fourth-order valence-corrected chi connectivity index (χ4v) is 4.16. The molecule has 0 saturated carbocycles. The zero-order valence-electron chi connectivity index (χ0n) is 18.8. The van der Waals surface area contributed by atoms with Gasteiger partial charge in [-0.15, -0.1) is 0 Å². The van der Waals surface area contributed by atoms with Crippen LogP contribution in [0.15, 0.2) is 30.3 Å². The summed E-state index contributed by atoms with van der Waals surface area (Å²) in [6.45, 7) is 8.92. The molecule has 0 N–H and O–H groups in total. The number of anilines is 2. The van der Waals surface area contributed by atoms with Gasteiger partial charge in [-0.25, -0.2) is 4.98 Å². The Bertz CT molecular complexity index is 905. The van der Waals surface area contributed by atoms with Crippen LogP contribution in [0.4, 0.5) is 11.8 Å². The number of aromatic nitrogens is 2. The monoisotopic (exact) mass is 424 g/mol. The molecule has 3 heterocycles. The van der Waals surface area contributed by atoms with Crippen molar-refractivity contribution in [2.75, 3.05) is 76.3 Å². The summed E-state index contributed by atoms with van der Waals surface area (Å²) in [7, 11) is 3.79. The number of rotatable bonds is 5. The van der Waals surface area contributed by atoms with Gasteiger partial charge in [0.15, 0.2) is 0 Å². The smallest absolute Gasteiger partial charge is 0.227 e. The number of hydrogen-bond donors (Lipinski definition) is 0. The van der Waals surface area contributed by atoms with Gasteiger partial charge in [0.2, 0.25) is 11.9 Å². The first-order valence-corrected chi connectivity index (χ1v) is 11.0. The molecule has 2 fully saturated rings. The van der Waals surface area contributed by atoms with Gasteiger partial charge >= 0.3 is 0 Å². The van der Waals surface area contributed by atoms with Crippen LogP contribution in [0.5, 0.6) is 5.75 Å². The number of nitrogens with zero attached hydrogens (tertiary/aromatic N) is 6. The van der Waals surface area contributed by atoms with Gasteiger partial charge in [-0.05, 0) is 20.0 Å². The third-order valence-electron chi connectivity index (χ3n) is 6.11. The van der Waals surface area contributed by atoms with Crippen LogP contribution in [0.2, 0.25) is 0 Å². The number of amides is 1. The number of carbonyl (C=O) groups excluding carboxylic acids is 1. The van der Waals surface area contributed by atoms with E-state index in [-0.39, 0.29) is 5.91 Å². The summed E-state index contributed by atoms with van der Waals surface area (Å²) >= 11 is 0. The van der Waals surface area contributed by atoms with E-state index < -0.39 is 0 Å². The Morgan fingerprint density at radius 3 is 2.35 bits per heavy atom. The van der Waals surface area contributed by atoms with E-state index in [0.29, 0.717) is 19.5 Å². The van der Waals surface area contributed by atoms with Crippen LogP contribution in [0, 0.1) is 6.92 Å². The van der Waals surface area contributed by atoms with Gasteiger partial charge in [0.1, 0.15) is 11.6 Å². The van der Waals surface area contributed by atoms with Gasteiger partial charge in [0.05, 0.1) is 13.5 Å². The number of hydrogen-bond acceptors (Lipinski definition) is 7. The molecule has 0 spiro atoms. The Kier molecular flexibility index (Phi) is 6.56. The highest BCUT2D eigenvalue weighted by atomic mass is 16.5. The van der Waals surface area contributed by atoms with Crippen molar-refractivity contribution < 1.29 is 9.53 Å². The van der Waals surface area contributed by atoms with Crippen molar-refractivity contribution >= 4 is 17.7 Å². The lowest BCUT2D eigenvalue weighted by molar-refractivity contribution is -0.130. The van der Waals surface area contributed by atoms with E-state index in [1.165, 1.54) is 0 Å². The molecular formula is C23H32N6O2. The highest BCUT2D eigenvalue weighted by Gasteiger charge is 2.24. The van der Waals surface area contributed by atoms with Crippen LogP contribution < -0.4 is 14.5 Å². The van der Waals surface area contributed by atoms with E-state index >= 15 is 0 Å². The van der Waals surface area contributed by atoms with E-state index in [0.717, 1.165) is 68.0 Å². The number of methoxy groups -OCH3 is 1. The number of para-hydroxylation sites is 1. The Hall–Kier alpha value is -2.87. The first-order chi connectivity index (χ1) is 15.0. The highest BCUT2D eigenvalue weighted by molar-refractivity contribution is 5.79. The summed E-state index contributed by atoms with van der Waals surface area (Å²) in [6.07, 6.45) is 0.360. The molecule has 2 aromatic rings. The molecule has 0 unspecified atom stereocenters. The second-order valence-corrected chi connectivity index (χ2v) is 8.31. The molecule has 0 bridgehead atoms. The molecule has 166 valence electrons. The fraction of sp³-hybridized carbons (Fsp3) is 0.522. The first kappa shape index (κ1) is 21.4. The summed E-state index contributed by atoms with van der Waals surface area (Å²) in [4.78, 5) is 31.2. The predicted molar refractivity (Wildman–Crippen MR) is 122 cm³/mol. The van der Waals surface area contributed by atoms with Crippen LogP contribution in [-0.4, -0.2) is 92.2 Å². The Morgan fingerprint density at radius 2 is 1.65 bits per heavy atom. The van der Waals surface area contributed by atoms with Crippen molar-refractivity contribution in [2.45, 2.75) is 13.3 Å². The standard InChI is InChI=1S/C23H32N6O2/c1-18-16-21(27-10-8-26(2)9-11-27)25-23(24-18)29-14-12-28(13-15-29)22(30)17-19-6-4-5-7-20(19)31-3/h4-7,16H,8-15,17H2,1-3H3. The van der Waals surface area contributed by atoms with Crippen molar-refractivity contribution in [1.29, 1.82) is 0 Å². The lowest BCUT2D eigenvalue weighted by Gasteiger charge is -2.36. The molecule has 2 aliphatic heterocycles. The average molecular weight is 425 g/mol. The molecule has 0 radical (unpaired) electrons. The average Bonchev–Trinajstić information content (AvgIpc) is 2.79. The maximum atomic E-state index is 12.8. The molecule has 1 amide bonds. The predicted octanol–water partition coefficient (Wildman–Crippen LogP) is 1.44. The van der Waals surface area contributed by atoms with Gasteiger partial charge < -0.3 is 24.3 Å². The molecule has 2 aliphatic rings. The van der Waals surface area contributed by atoms with Crippen molar-refractivity contribution in [3.05, 3.63) is 41.6 Å². The molecule has 4 rings (SSSR count). The van der Waals surface area contributed by atoms with Crippen molar-refractivity contribution in [2.24, 2.45) is 0 Å². The lowest BCUT2D eigenvalue weighted by atomic mass is 10.1. The third-order valence-corrected chi connectivity index (χ3v) is 6.11. The first-order valence-electron chi connectivity index (χ1n) is 11.0. The quantitative estimate of drug-likeness (QED) is 0.720. The minimum Gasteiger partial charge on any atom is -0.496 e. The van der Waals surface area contributed by atoms with Crippen LogP contribution in [0.25, 0.3) is 0 Å². The van der Waals surface area contributed by atoms with Gasteiger partial charge in [-0.2, -0.15) is 4.98 Å². The van der Waals surface area contributed by atoms with Gasteiger partial charge in [0, 0.05) is 69.7 Å². The SMILES string of the molecule is COc1ccccc1CC(=O)N1CCN(c2nc(C)cc(N3CCN(C)CC3)n2)CC1. The van der Waals surface area contributed by atoms with E-state index in [9.17, 15) is 4.79 Å². The van der Waals surface area contributed by atoms with Crippen LogP contribution in [0.3, 0.4) is 0 Å². The van der Waals surface area contributed by atoms with Crippen LogP contribution >= 0.6 is 0 Å². The number of piperazine rings is 2. The normalized spacial score (nSPS) is 17.7. The van der Waals surface area contributed by atoms with E-state index in [4.69, 9.17) is 9.72 Å². The number of ether oxygens (including phenoxy) is 1. The molecule has 8 nitrogen and oxygen atoms in total. The summed E-state index contributed by atoms with van der Waals surface area (Å²) in [6, 6.07) is 9.78. The molecule has 31 heavy (non-hydrogen) atoms. The Balaban J connectivity index is 1.38. The van der Waals surface area contributed by atoms with Gasteiger partial charge in [-0.1, -0.05) is 18.2 Å². The molecule has 8 heteroatoms. The summed E-state index contributed by atoms with van der Waals surface area (Å²) < 4.78 is 5.38. The topological polar surface area (TPSA) is 65.0 Å². The highest BCUT2D eigenvalue weighted by Crippen LogP contribution is 2.21. The molecular weight excluding hydrogens is 392 g/mol.